The van der Waals surface area contributed by atoms with Gasteiger partial charge in [0.2, 0.25) is 0 Å². The minimum atomic E-state index is -0.509. The van der Waals surface area contributed by atoms with Gasteiger partial charge in [0.15, 0.2) is 0 Å². The van der Waals surface area contributed by atoms with E-state index >= 15 is 0 Å². The van der Waals surface area contributed by atoms with E-state index in [-0.39, 0.29) is 18.2 Å². The summed E-state index contributed by atoms with van der Waals surface area (Å²) in [4.78, 5) is 2.02. The first kappa shape index (κ1) is 14.9. The summed E-state index contributed by atoms with van der Waals surface area (Å²) < 4.78 is 33.5. The summed E-state index contributed by atoms with van der Waals surface area (Å²) in [7, 11) is 0. The summed E-state index contributed by atoms with van der Waals surface area (Å²) in [6.07, 6.45) is 2.29. The molecule has 0 spiro atoms. The fourth-order valence-electron chi connectivity index (χ4n) is 2.32. The zero-order valence-electron chi connectivity index (χ0n) is 11.0. The zero-order chi connectivity index (χ0) is 13.8. The normalized spacial score (nSPS) is 19.3. The number of hydrogen-bond acceptors (Lipinski definition) is 2. The second-order valence-electron chi connectivity index (χ2n) is 4.78. The van der Waals surface area contributed by atoms with Crippen molar-refractivity contribution in [2.75, 3.05) is 19.7 Å². The molecule has 106 valence electrons. The maximum atomic E-state index is 13.9. The van der Waals surface area contributed by atoms with E-state index in [9.17, 15) is 8.78 Å². The molecule has 5 heteroatoms. The standard InChI is InChI=1S/C14H18BrF2NO/c1-2-18(8-10-4-3-7-19-10)9-11-13(16)6-5-12(15)14(11)17/h5-6,10H,2-4,7-9H2,1H3. The van der Waals surface area contributed by atoms with Crippen LogP contribution in [0.2, 0.25) is 0 Å². The third-order valence-corrected chi connectivity index (χ3v) is 4.07. The lowest BCUT2D eigenvalue weighted by Crippen LogP contribution is -2.32. The summed E-state index contributed by atoms with van der Waals surface area (Å²) in [5, 5.41) is 0. The number of halogens is 3. The van der Waals surface area contributed by atoms with Gasteiger partial charge in [-0.3, -0.25) is 4.90 Å². The van der Waals surface area contributed by atoms with Crippen LogP contribution in [0, 0.1) is 11.6 Å². The highest BCUT2D eigenvalue weighted by Crippen LogP contribution is 2.23. The molecule has 0 amide bonds. The Morgan fingerprint density at radius 2 is 2.21 bits per heavy atom. The molecule has 0 aromatic heterocycles. The second kappa shape index (κ2) is 6.77. The van der Waals surface area contributed by atoms with Crippen LogP contribution in [0.3, 0.4) is 0 Å². The largest absolute Gasteiger partial charge is 0.377 e. The van der Waals surface area contributed by atoms with Crippen molar-refractivity contribution in [3.05, 3.63) is 33.8 Å². The van der Waals surface area contributed by atoms with Gasteiger partial charge in [0.05, 0.1) is 10.6 Å². The van der Waals surface area contributed by atoms with Crippen LogP contribution in [-0.2, 0) is 11.3 Å². The van der Waals surface area contributed by atoms with Gasteiger partial charge < -0.3 is 4.74 Å². The fraction of sp³-hybridized carbons (Fsp3) is 0.571. The Morgan fingerprint density at radius 1 is 1.42 bits per heavy atom. The van der Waals surface area contributed by atoms with Gasteiger partial charge in [0.1, 0.15) is 11.6 Å². The Kier molecular flexibility index (Phi) is 5.30. The van der Waals surface area contributed by atoms with E-state index in [1.165, 1.54) is 12.1 Å². The van der Waals surface area contributed by atoms with Crippen LogP contribution >= 0.6 is 15.9 Å². The van der Waals surface area contributed by atoms with Crippen LogP contribution in [0.1, 0.15) is 25.3 Å². The number of likely N-dealkylation sites (N-methyl/N-ethyl adjacent to an activating group) is 1. The lowest BCUT2D eigenvalue weighted by molar-refractivity contribution is 0.0717. The van der Waals surface area contributed by atoms with Crippen LogP contribution in [0.5, 0.6) is 0 Å². The van der Waals surface area contributed by atoms with Crippen LogP contribution in [0.4, 0.5) is 8.78 Å². The molecule has 1 fully saturated rings. The van der Waals surface area contributed by atoms with Crippen molar-refractivity contribution in [2.24, 2.45) is 0 Å². The van der Waals surface area contributed by atoms with Crippen molar-refractivity contribution in [1.29, 1.82) is 0 Å². The number of benzene rings is 1. The second-order valence-corrected chi connectivity index (χ2v) is 5.64. The number of hydrogen-bond donors (Lipinski definition) is 0. The molecule has 0 aliphatic carbocycles. The Morgan fingerprint density at radius 3 is 2.84 bits per heavy atom. The fourth-order valence-corrected chi connectivity index (χ4v) is 2.69. The predicted molar refractivity (Wildman–Crippen MR) is 74.0 cm³/mol. The highest BCUT2D eigenvalue weighted by atomic mass is 79.9. The highest BCUT2D eigenvalue weighted by Gasteiger charge is 2.21. The van der Waals surface area contributed by atoms with Crippen LogP contribution in [-0.4, -0.2) is 30.7 Å². The van der Waals surface area contributed by atoms with Crippen LogP contribution in [0.25, 0.3) is 0 Å². The van der Waals surface area contributed by atoms with E-state index in [1.807, 2.05) is 11.8 Å². The van der Waals surface area contributed by atoms with Gasteiger partial charge in [-0.05, 0) is 47.4 Å². The summed E-state index contributed by atoms with van der Waals surface area (Å²) in [5.41, 5.74) is 0.120. The molecule has 2 rings (SSSR count). The average molecular weight is 334 g/mol. The van der Waals surface area contributed by atoms with E-state index in [0.717, 1.165) is 32.5 Å². The van der Waals surface area contributed by atoms with Crippen molar-refractivity contribution in [3.8, 4) is 0 Å². The summed E-state index contributed by atoms with van der Waals surface area (Å²) in [6, 6.07) is 2.69. The van der Waals surface area contributed by atoms with Gasteiger partial charge in [-0.25, -0.2) is 8.78 Å². The maximum Gasteiger partial charge on any atom is 0.144 e. The topological polar surface area (TPSA) is 12.5 Å². The summed E-state index contributed by atoms with van der Waals surface area (Å²) in [5.74, 6) is -1.00. The zero-order valence-corrected chi connectivity index (χ0v) is 12.6. The SMILES string of the molecule is CCN(Cc1c(F)ccc(Br)c1F)CC1CCCO1. The lowest BCUT2D eigenvalue weighted by Gasteiger charge is -2.24. The average Bonchev–Trinajstić information content (AvgIpc) is 2.90. The molecule has 2 nitrogen and oxygen atoms in total. The van der Waals surface area contributed by atoms with Crippen molar-refractivity contribution in [2.45, 2.75) is 32.4 Å². The molecule has 0 radical (unpaired) electrons. The van der Waals surface area contributed by atoms with Gasteiger partial charge in [0.25, 0.3) is 0 Å². The molecule has 19 heavy (non-hydrogen) atoms. The molecule has 1 atom stereocenters. The van der Waals surface area contributed by atoms with E-state index in [4.69, 9.17) is 4.74 Å². The Balaban J connectivity index is 2.07. The lowest BCUT2D eigenvalue weighted by atomic mass is 10.1. The monoisotopic (exact) mass is 333 g/mol. The van der Waals surface area contributed by atoms with E-state index < -0.39 is 11.6 Å². The first-order valence-corrected chi connectivity index (χ1v) is 7.37. The van der Waals surface area contributed by atoms with Gasteiger partial charge in [-0.15, -0.1) is 0 Å². The molecule has 0 N–H and O–H groups in total. The molecular weight excluding hydrogens is 316 g/mol. The number of ether oxygens (including phenoxy) is 1. The van der Waals surface area contributed by atoms with E-state index in [0.29, 0.717) is 4.47 Å². The molecule has 0 bridgehead atoms. The first-order chi connectivity index (χ1) is 9.11. The molecule has 1 aromatic rings. The minimum absolute atomic E-state index is 0.120. The van der Waals surface area contributed by atoms with Crippen molar-refractivity contribution in [1.82, 2.24) is 4.90 Å². The smallest absolute Gasteiger partial charge is 0.144 e. The molecular formula is C14H18BrF2NO. The van der Waals surface area contributed by atoms with Crippen molar-refractivity contribution >= 4 is 15.9 Å². The molecule has 1 aliphatic rings. The molecule has 1 saturated heterocycles. The Bertz CT molecular complexity index is 436. The first-order valence-electron chi connectivity index (χ1n) is 6.58. The number of rotatable bonds is 5. The van der Waals surface area contributed by atoms with Crippen molar-refractivity contribution in [3.63, 3.8) is 0 Å². The van der Waals surface area contributed by atoms with Crippen LogP contribution < -0.4 is 0 Å². The quantitative estimate of drug-likeness (QED) is 0.761. The Hall–Kier alpha value is -0.520. The number of nitrogens with zero attached hydrogens (tertiary/aromatic N) is 1. The highest BCUT2D eigenvalue weighted by molar-refractivity contribution is 9.10. The van der Waals surface area contributed by atoms with Crippen molar-refractivity contribution < 1.29 is 13.5 Å². The molecule has 1 aromatic carbocycles. The van der Waals surface area contributed by atoms with Gasteiger partial charge in [-0.1, -0.05) is 6.92 Å². The van der Waals surface area contributed by atoms with E-state index in [1.54, 1.807) is 0 Å². The maximum absolute atomic E-state index is 13.9. The summed E-state index contributed by atoms with van der Waals surface area (Å²) in [6.45, 7) is 4.52. The van der Waals surface area contributed by atoms with Gasteiger partial charge >= 0.3 is 0 Å². The molecule has 0 saturated carbocycles. The third-order valence-electron chi connectivity index (χ3n) is 3.45. The van der Waals surface area contributed by atoms with Gasteiger partial charge in [0, 0.05) is 25.3 Å². The third kappa shape index (κ3) is 3.74. The minimum Gasteiger partial charge on any atom is -0.377 e. The van der Waals surface area contributed by atoms with Crippen LogP contribution in [0.15, 0.2) is 16.6 Å². The molecule has 1 unspecified atom stereocenters. The predicted octanol–water partition coefficient (Wildman–Crippen LogP) is 3.73. The molecule has 1 aliphatic heterocycles. The summed E-state index contributed by atoms with van der Waals surface area (Å²) >= 11 is 3.10. The van der Waals surface area contributed by atoms with Gasteiger partial charge in [-0.2, -0.15) is 0 Å². The van der Waals surface area contributed by atoms with E-state index in [2.05, 4.69) is 15.9 Å². The Labute approximate surface area is 120 Å². The molecule has 1 heterocycles.